The summed E-state index contributed by atoms with van der Waals surface area (Å²) in [5, 5.41) is 12.1. The van der Waals surface area contributed by atoms with Gasteiger partial charge in [0, 0.05) is 12.6 Å². The highest BCUT2D eigenvalue weighted by Crippen LogP contribution is 1.99. The van der Waals surface area contributed by atoms with Crippen molar-refractivity contribution in [2.24, 2.45) is 0 Å². The second-order valence-corrected chi connectivity index (χ2v) is 3.78. The standard InChI is InChI=1S/C11H25NO/c1-3-4-5-6-9-12-11(2)8-7-10-13/h11-13H,3-10H2,1-2H3/t11-/m1/s1. The molecule has 0 aromatic heterocycles. The lowest BCUT2D eigenvalue weighted by Gasteiger charge is -2.12. The molecule has 0 radical (unpaired) electrons. The highest BCUT2D eigenvalue weighted by Gasteiger charge is 1.98. The molecule has 0 aromatic rings. The van der Waals surface area contributed by atoms with Gasteiger partial charge in [-0.15, -0.1) is 0 Å². The van der Waals surface area contributed by atoms with Crippen LogP contribution in [0, 0.1) is 0 Å². The molecule has 0 aliphatic carbocycles. The quantitative estimate of drug-likeness (QED) is 0.543. The molecule has 2 N–H and O–H groups in total. The van der Waals surface area contributed by atoms with Gasteiger partial charge in [0.2, 0.25) is 0 Å². The van der Waals surface area contributed by atoms with E-state index in [0.29, 0.717) is 12.6 Å². The van der Waals surface area contributed by atoms with Gasteiger partial charge in [-0.3, -0.25) is 0 Å². The number of hydrogen-bond donors (Lipinski definition) is 2. The predicted octanol–water partition coefficient (Wildman–Crippen LogP) is 2.32. The van der Waals surface area contributed by atoms with Gasteiger partial charge < -0.3 is 10.4 Å². The summed E-state index contributed by atoms with van der Waals surface area (Å²) in [6, 6.07) is 0.564. The van der Waals surface area contributed by atoms with Crippen molar-refractivity contribution in [3.8, 4) is 0 Å². The Hall–Kier alpha value is -0.0800. The molecule has 1 atom stereocenters. The molecule has 0 fully saturated rings. The minimum absolute atomic E-state index is 0.321. The van der Waals surface area contributed by atoms with Gasteiger partial charge in [-0.25, -0.2) is 0 Å². The second-order valence-electron chi connectivity index (χ2n) is 3.78. The Balaban J connectivity index is 3.03. The third-order valence-electron chi connectivity index (χ3n) is 2.32. The van der Waals surface area contributed by atoms with E-state index in [1.807, 2.05) is 0 Å². The van der Waals surface area contributed by atoms with Crippen LogP contribution in [-0.2, 0) is 0 Å². The first kappa shape index (κ1) is 12.9. The van der Waals surface area contributed by atoms with E-state index >= 15 is 0 Å². The number of hydrogen-bond acceptors (Lipinski definition) is 2. The van der Waals surface area contributed by atoms with Gasteiger partial charge in [-0.1, -0.05) is 26.2 Å². The maximum atomic E-state index is 8.63. The van der Waals surface area contributed by atoms with E-state index in [2.05, 4.69) is 19.2 Å². The molecule has 0 saturated carbocycles. The van der Waals surface area contributed by atoms with Crippen molar-refractivity contribution in [2.75, 3.05) is 13.2 Å². The zero-order valence-corrected chi connectivity index (χ0v) is 9.18. The molecule has 0 aromatic carbocycles. The van der Waals surface area contributed by atoms with Gasteiger partial charge in [0.15, 0.2) is 0 Å². The Labute approximate surface area is 82.7 Å². The van der Waals surface area contributed by atoms with E-state index < -0.39 is 0 Å². The normalized spacial score (nSPS) is 13.2. The molecule has 2 heteroatoms. The van der Waals surface area contributed by atoms with Gasteiger partial charge in [0.1, 0.15) is 0 Å². The third kappa shape index (κ3) is 9.84. The molecular weight excluding hydrogens is 162 g/mol. The topological polar surface area (TPSA) is 32.3 Å². The number of aliphatic hydroxyl groups is 1. The Kier molecular flexibility index (Phi) is 9.94. The van der Waals surface area contributed by atoms with Crippen LogP contribution in [0.5, 0.6) is 0 Å². The van der Waals surface area contributed by atoms with Crippen molar-refractivity contribution in [1.29, 1.82) is 0 Å². The van der Waals surface area contributed by atoms with Crippen LogP contribution in [-0.4, -0.2) is 24.3 Å². The lowest BCUT2D eigenvalue weighted by atomic mass is 10.1. The Morgan fingerprint density at radius 2 is 1.92 bits per heavy atom. The molecule has 0 bridgehead atoms. The molecule has 0 rings (SSSR count). The fraction of sp³-hybridized carbons (Fsp3) is 1.00. The van der Waals surface area contributed by atoms with E-state index in [1.54, 1.807) is 0 Å². The zero-order valence-electron chi connectivity index (χ0n) is 9.18. The van der Waals surface area contributed by atoms with E-state index in [0.717, 1.165) is 19.4 Å². The number of nitrogens with one attached hydrogen (secondary N) is 1. The molecule has 80 valence electrons. The average Bonchev–Trinajstić information content (AvgIpc) is 2.14. The summed E-state index contributed by atoms with van der Waals surface area (Å²) in [6.45, 7) is 5.88. The molecule has 0 saturated heterocycles. The van der Waals surface area contributed by atoms with Crippen LogP contribution < -0.4 is 5.32 Å². The lowest BCUT2D eigenvalue weighted by Crippen LogP contribution is -2.27. The van der Waals surface area contributed by atoms with Gasteiger partial charge in [-0.05, 0) is 32.7 Å². The predicted molar refractivity (Wildman–Crippen MR) is 57.9 cm³/mol. The summed E-state index contributed by atoms with van der Waals surface area (Å²) in [7, 11) is 0. The van der Waals surface area contributed by atoms with Crippen molar-refractivity contribution in [3.63, 3.8) is 0 Å². The molecule has 0 heterocycles. The fourth-order valence-electron chi connectivity index (χ4n) is 1.40. The minimum Gasteiger partial charge on any atom is -0.396 e. The van der Waals surface area contributed by atoms with Crippen LogP contribution in [0.1, 0.15) is 52.4 Å². The first-order valence-corrected chi connectivity index (χ1v) is 5.65. The molecule has 2 nitrogen and oxygen atoms in total. The first-order valence-electron chi connectivity index (χ1n) is 5.65. The fourth-order valence-corrected chi connectivity index (χ4v) is 1.40. The van der Waals surface area contributed by atoms with Crippen molar-refractivity contribution in [2.45, 2.75) is 58.4 Å². The summed E-state index contributed by atoms with van der Waals surface area (Å²) in [5.41, 5.74) is 0. The van der Waals surface area contributed by atoms with Gasteiger partial charge in [0.25, 0.3) is 0 Å². The maximum absolute atomic E-state index is 8.63. The zero-order chi connectivity index (χ0) is 9.94. The summed E-state index contributed by atoms with van der Waals surface area (Å²) >= 11 is 0. The molecule has 13 heavy (non-hydrogen) atoms. The minimum atomic E-state index is 0.321. The third-order valence-corrected chi connectivity index (χ3v) is 2.32. The van der Waals surface area contributed by atoms with Crippen molar-refractivity contribution in [1.82, 2.24) is 5.32 Å². The van der Waals surface area contributed by atoms with Gasteiger partial charge >= 0.3 is 0 Å². The average molecular weight is 187 g/mol. The monoisotopic (exact) mass is 187 g/mol. The number of aliphatic hydroxyl groups excluding tert-OH is 1. The Morgan fingerprint density at radius 3 is 2.54 bits per heavy atom. The molecule has 0 aliphatic heterocycles. The summed E-state index contributed by atoms with van der Waals surface area (Å²) < 4.78 is 0. The largest absolute Gasteiger partial charge is 0.396 e. The molecule has 0 aliphatic rings. The van der Waals surface area contributed by atoms with E-state index in [1.165, 1.54) is 25.7 Å². The summed E-state index contributed by atoms with van der Waals surface area (Å²) in [4.78, 5) is 0. The van der Waals surface area contributed by atoms with Crippen LogP contribution in [0.4, 0.5) is 0 Å². The SMILES string of the molecule is CCCCCCN[C@H](C)CCCO. The highest BCUT2D eigenvalue weighted by atomic mass is 16.2. The van der Waals surface area contributed by atoms with Crippen molar-refractivity contribution >= 4 is 0 Å². The van der Waals surface area contributed by atoms with Crippen LogP contribution in [0.2, 0.25) is 0 Å². The van der Waals surface area contributed by atoms with Crippen molar-refractivity contribution < 1.29 is 5.11 Å². The van der Waals surface area contributed by atoms with Gasteiger partial charge in [0.05, 0.1) is 0 Å². The highest BCUT2D eigenvalue weighted by molar-refractivity contribution is 4.59. The maximum Gasteiger partial charge on any atom is 0.0431 e. The Morgan fingerprint density at radius 1 is 1.15 bits per heavy atom. The summed E-state index contributed by atoms with van der Waals surface area (Å²) in [5.74, 6) is 0. The lowest BCUT2D eigenvalue weighted by molar-refractivity contribution is 0.276. The molecule has 0 unspecified atom stereocenters. The van der Waals surface area contributed by atoms with Crippen LogP contribution >= 0.6 is 0 Å². The van der Waals surface area contributed by atoms with E-state index in [4.69, 9.17) is 5.11 Å². The number of unbranched alkanes of at least 4 members (excludes halogenated alkanes) is 3. The van der Waals surface area contributed by atoms with Gasteiger partial charge in [-0.2, -0.15) is 0 Å². The van der Waals surface area contributed by atoms with Crippen LogP contribution in [0.25, 0.3) is 0 Å². The molecule has 0 amide bonds. The summed E-state index contributed by atoms with van der Waals surface area (Å²) in [6.07, 6.45) is 7.30. The second kappa shape index (κ2) is 10.0. The van der Waals surface area contributed by atoms with E-state index in [9.17, 15) is 0 Å². The first-order chi connectivity index (χ1) is 6.31. The smallest absolute Gasteiger partial charge is 0.0431 e. The van der Waals surface area contributed by atoms with E-state index in [-0.39, 0.29) is 0 Å². The van der Waals surface area contributed by atoms with Crippen LogP contribution in [0.15, 0.2) is 0 Å². The molecular formula is C11H25NO. The molecule has 0 spiro atoms. The van der Waals surface area contributed by atoms with Crippen LogP contribution in [0.3, 0.4) is 0 Å². The Bertz CT molecular complexity index is 96.1. The van der Waals surface area contributed by atoms with Crippen molar-refractivity contribution in [3.05, 3.63) is 0 Å². The number of rotatable bonds is 9.